The van der Waals surface area contributed by atoms with Gasteiger partial charge in [-0.25, -0.2) is 9.97 Å². The van der Waals surface area contributed by atoms with Gasteiger partial charge in [-0.2, -0.15) is 11.8 Å². The first-order valence-electron chi connectivity index (χ1n) is 5.81. The lowest BCUT2D eigenvalue weighted by Gasteiger charge is -2.23. The molecule has 0 aromatic carbocycles. The quantitative estimate of drug-likeness (QED) is 0.845. The van der Waals surface area contributed by atoms with Crippen LogP contribution in [0, 0.1) is 6.92 Å². The number of hydrogen-bond acceptors (Lipinski definition) is 5. The fraction of sp³-hybridized carbons (Fsp3) is 0.667. The third-order valence-electron chi connectivity index (χ3n) is 2.78. The van der Waals surface area contributed by atoms with Gasteiger partial charge in [0.1, 0.15) is 17.5 Å². The molecule has 0 bridgehead atoms. The summed E-state index contributed by atoms with van der Waals surface area (Å²) in [4.78, 5) is 8.72. The van der Waals surface area contributed by atoms with Gasteiger partial charge in [0, 0.05) is 23.3 Å². The number of nitrogen functional groups attached to an aromatic ring is 1. The molecule has 0 radical (unpaired) electrons. The fourth-order valence-corrected chi connectivity index (χ4v) is 1.50. The van der Waals surface area contributed by atoms with Gasteiger partial charge in [0.05, 0.1) is 0 Å². The van der Waals surface area contributed by atoms with E-state index in [1.165, 1.54) is 0 Å². The first kappa shape index (κ1) is 14.1. The number of anilines is 2. The highest BCUT2D eigenvalue weighted by Crippen LogP contribution is 2.23. The van der Waals surface area contributed by atoms with Crippen LogP contribution in [0.4, 0.5) is 11.6 Å². The Bertz CT molecular complexity index is 390. The topological polar surface area (TPSA) is 63.8 Å². The lowest BCUT2D eigenvalue weighted by atomic mass is 10.2. The molecule has 1 heterocycles. The number of thioether (sulfide) groups is 1. The minimum absolute atomic E-state index is 0.179. The third-order valence-corrected chi connectivity index (χ3v) is 4.03. The van der Waals surface area contributed by atoms with Crippen LogP contribution in [0.15, 0.2) is 0 Å². The van der Waals surface area contributed by atoms with Crippen molar-refractivity contribution in [2.45, 2.75) is 38.9 Å². The van der Waals surface area contributed by atoms with E-state index >= 15 is 0 Å². The number of aryl methyl sites for hydroxylation is 1. The molecular formula is C12H22N4S. The Kier molecular flexibility index (Phi) is 4.62. The Morgan fingerprint density at radius 1 is 1.35 bits per heavy atom. The largest absolute Gasteiger partial charge is 0.383 e. The number of rotatable bonds is 5. The van der Waals surface area contributed by atoms with E-state index in [0.29, 0.717) is 5.82 Å². The van der Waals surface area contributed by atoms with Gasteiger partial charge >= 0.3 is 0 Å². The van der Waals surface area contributed by atoms with Crippen LogP contribution in [0.2, 0.25) is 0 Å². The number of nitrogens with two attached hydrogens (primary N) is 1. The van der Waals surface area contributed by atoms with E-state index < -0.39 is 0 Å². The molecule has 1 aromatic heterocycles. The number of hydrogen-bond donors (Lipinski definition) is 2. The molecule has 0 saturated heterocycles. The molecule has 0 fully saturated rings. The second-order valence-electron chi connectivity index (χ2n) is 4.67. The minimum Gasteiger partial charge on any atom is -0.383 e. The summed E-state index contributed by atoms with van der Waals surface area (Å²) < 4.78 is 0.179. The maximum atomic E-state index is 5.87. The van der Waals surface area contributed by atoms with Gasteiger partial charge in [0.25, 0.3) is 0 Å². The van der Waals surface area contributed by atoms with Crippen molar-refractivity contribution in [3.05, 3.63) is 11.4 Å². The molecule has 0 saturated carbocycles. The summed E-state index contributed by atoms with van der Waals surface area (Å²) in [6, 6.07) is 0. The number of aromatic nitrogens is 2. The standard InChI is InChI=1S/C12H22N4S/c1-6-9-15-10(13)8(2)11(16-9)14-7-12(3,4)17-5/h6-7H2,1-5H3,(H3,13,14,15,16). The van der Waals surface area contributed by atoms with Crippen LogP contribution in [0.5, 0.6) is 0 Å². The van der Waals surface area contributed by atoms with E-state index in [0.717, 1.165) is 30.2 Å². The van der Waals surface area contributed by atoms with Gasteiger partial charge in [-0.1, -0.05) is 6.92 Å². The Morgan fingerprint density at radius 3 is 2.53 bits per heavy atom. The van der Waals surface area contributed by atoms with Crippen molar-refractivity contribution in [2.24, 2.45) is 0 Å². The summed E-state index contributed by atoms with van der Waals surface area (Å²) in [6.45, 7) is 9.23. The SMILES string of the molecule is CCc1nc(N)c(C)c(NCC(C)(C)SC)n1. The second kappa shape index (κ2) is 5.58. The normalized spacial score (nSPS) is 11.6. The molecule has 0 aliphatic rings. The van der Waals surface area contributed by atoms with E-state index in [1.807, 2.05) is 25.6 Å². The highest BCUT2D eigenvalue weighted by atomic mass is 32.2. The summed E-state index contributed by atoms with van der Waals surface area (Å²) in [5.74, 6) is 2.22. The molecule has 0 unspecified atom stereocenters. The predicted octanol–water partition coefficient (Wildman–Crippen LogP) is 2.48. The predicted molar refractivity (Wildman–Crippen MR) is 76.6 cm³/mol. The molecule has 0 atom stereocenters. The maximum Gasteiger partial charge on any atom is 0.134 e. The highest BCUT2D eigenvalue weighted by Gasteiger charge is 2.17. The molecule has 96 valence electrons. The van der Waals surface area contributed by atoms with Crippen molar-refractivity contribution < 1.29 is 0 Å². The van der Waals surface area contributed by atoms with Crippen LogP contribution in [0.1, 0.15) is 32.2 Å². The molecule has 5 heteroatoms. The summed E-state index contributed by atoms with van der Waals surface area (Å²) in [5.41, 5.74) is 6.80. The van der Waals surface area contributed by atoms with Gasteiger partial charge in [-0.05, 0) is 27.0 Å². The Balaban J connectivity index is 2.87. The third kappa shape index (κ3) is 3.77. The molecule has 1 aromatic rings. The van der Waals surface area contributed by atoms with Crippen molar-refractivity contribution >= 4 is 23.4 Å². The van der Waals surface area contributed by atoms with Crippen LogP contribution in [0.3, 0.4) is 0 Å². The Labute approximate surface area is 108 Å². The summed E-state index contributed by atoms with van der Waals surface area (Å²) in [7, 11) is 0. The smallest absolute Gasteiger partial charge is 0.134 e. The zero-order valence-electron chi connectivity index (χ0n) is 11.3. The monoisotopic (exact) mass is 254 g/mol. The molecule has 0 amide bonds. The first-order chi connectivity index (χ1) is 7.89. The molecular weight excluding hydrogens is 232 g/mol. The summed E-state index contributed by atoms with van der Waals surface area (Å²) in [6.07, 6.45) is 2.91. The van der Waals surface area contributed by atoms with Gasteiger partial charge in [0.15, 0.2) is 0 Å². The molecule has 3 N–H and O–H groups in total. The van der Waals surface area contributed by atoms with Crippen molar-refractivity contribution in [1.29, 1.82) is 0 Å². The first-order valence-corrected chi connectivity index (χ1v) is 7.04. The van der Waals surface area contributed by atoms with Crippen LogP contribution in [-0.2, 0) is 6.42 Å². The minimum atomic E-state index is 0.179. The van der Waals surface area contributed by atoms with Gasteiger partial charge in [0.2, 0.25) is 0 Å². The number of nitrogens with one attached hydrogen (secondary N) is 1. The van der Waals surface area contributed by atoms with E-state index in [9.17, 15) is 0 Å². The van der Waals surface area contributed by atoms with Crippen molar-refractivity contribution in [2.75, 3.05) is 23.9 Å². The van der Waals surface area contributed by atoms with Crippen LogP contribution >= 0.6 is 11.8 Å². The Morgan fingerprint density at radius 2 is 2.00 bits per heavy atom. The van der Waals surface area contributed by atoms with Gasteiger partial charge in [-0.15, -0.1) is 0 Å². The molecule has 4 nitrogen and oxygen atoms in total. The van der Waals surface area contributed by atoms with Crippen LogP contribution < -0.4 is 11.1 Å². The summed E-state index contributed by atoms with van der Waals surface area (Å²) in [5, 5.41) is 3.37. The van der Waals surface area contributed by atoms with Crippen molar-refractivity contribution in [3.8, 4) is 0 Å². The average molecular weight is 254 g/mol. The van der Waals surface area contributed by atoms with Crippen molar-refractivity contribution in [1.82, 2.24) is 9.97 Å². The van der Waals surface area contributed by atoms with E-state index in [-0.39, 0.29) is 4.75 Å². The summed E-state index contributed by atoms with van der Waals surface area (Å²) >= 11 is 1.83. The molecule has 1 rings (SSSR count). The van der Waals surface area contributed by atoms with E-state index in [1.54, 1.807) is 0 Å². The zero-order valence-corrected chi connectivity index (χ0v) is 12.1. The lowest BCUT2D eigenvalue weighted by molar-refractivity contribution is 0.747. The zero-order chi connectivity index (χ0) is 13.1. The second-order valence-corrected chi connectivity index (χ2v) is 6.18. The molecule has 0 aliphatic heterocycles. The van der Waals surface area contributed by atoms with Gasteiger partial charge < -0.3 is 11.1 Å². The van der Waals surface area contributed by atoms with Crippen LogP contribution in [0.25, 0.3) is 0 Å². The van der Waals surface area contributed by atoms with Crippen molar-refractivity contribution in [3.63, 3.8) is 0 Å². The Hall–Kier alpha value is -0.970. The maximum absolute atomic E-state index is 5.87. The molecule has 0 aliphatic carbocycles. The highest BCUT2D eigenvalue weighted by molar-refractivity contribution is 7.99. The number of nitrogens with zero attached hydrogens (tertiary/aromatic N) is 2. The van der Waals surface area contributed by atoms with E-state index in [4.69, 9.17) is 5.73 Å². The van der Waals surface area contributed by atoms with Crippen LogP contribution in [-0.4, -0.2) is 27.5 Å². The lowest BCUT2D eigenvalue weighted by Crippen LogP contribution is -2.27. The molecule has 17 heavy (non-hydrogen) atoms. The average Bonchev–Trinajstić information content (AvgIpc) is 2.31. The fourth-order valence-electron chi connectivity index (χ4n) is 1.28. The van der Waals surface area contributed by atoms with E-state index in [2.05, 4.69) is 35.4 Å². The molecule has 0 spiro atoms. The van der Waals surface area contributed by atoms with Gasteiger partial charge in [-0.3, -0.25) is 0 Å².